The van der Waals surface area contributed by atoms with Crippen LogP contribution in [-0.4, -0.2) is 31.9 Å². The van der Waals surface area contributed by atoms with Crippen molar-refractivity contribution in [1.29, 1.82) is 0 Å². The molecule has 3 N–H and O–H groups in total. The summed E-state index contributed by atoms with van der Waals surface area (Å²) < 4.78 is 18.0. The molecule has 2 rings (SSSR count). The average molecular weight is 338 g/mol. The first-order valence-electron chi connectivity index (χ1n) is 7.79. The Balaban J connectivity index is 1.95. The van der Waals surface area contributed by atoms with E-state index in [1.165, 1.54) is 0 Å². The van der Waals surface area contributed by atoms with Crippen LogP contribution in [0.2, 0.25) is 0 Å². The van der Waals surface area contributed by atoms with E-state index in [4.69, 9.17) is 15.7 Å². The minimum atomic E-state index is -1.06. The molecule has 1 unspecified atom stereocenters. The SMILES string of the molecule is CC(C)(C)S(=O)CC1(/C(N)=N/O)CC(OCc2ccccc2)C1. The van der Waals surface area contributed by atoms with Crippen LogP contribution in [-0.2, 0) is 22.1 Å². The van der Waals surface area contributed by atoms with Gasteiger partial charge in [0.2, 0.25) is 0 Å². The second kappa shape index (κ2) is 7.01. The molecule has 1 atom stereocenters. The monoisotopic (exact) mass is 338 g/mol. The summed E-state index contributed by atoms with van der Waals surface area (Å²) in [4.78, 5) is 0. The molecule has 0 bridgehead atoms. The first-order chi connectivity index (χ1) is 10.8. The average Bonchev–Trinajstić information content (AvgIpc) is 2.48. The Hall–Kier alpha value is -1.40. The largest absolute Gasteiger partial charge is 0.409 e. The van der Waals surface area contributed by atoms with Crippen molar-refractivity contribution in [3.63, 3.8) is 0 Å². The van der Waals surface area contributed by atoms with Crippen LogP contribution >= 0.6 is 0 Å². The van der Waals surface area contributed by atoms with E-state index in [9.17, 15) is 4.21 Å². The van der Waals surface area contributed by atoms with Gasteiger partial charge in [-0.3, -0.25) is 4.21 Å². The van der Waals surface area contributed by atoms with E-state index in [0.29, 0.717) is 25.2 Å². The predicted molar refractivity (Wildman–Crippen MR) is 92.9 cm³/mol. The van der Waals surface area contributed by atoms with Crippen molar-refractivity contribution in [3.8, 4) is 0 Å². The van der Waals surface area contributed by atoms with Crippen molar-refractivity contribution in [2.24, 2.45) is 16.3 Å². The number of benzene rings is 1. The summed E-state index contributed by atoms with van der Waals surface area (Å²) in [6, 6.07) is 9.96. The van der Waals surface area contributed by atoms with Gasteiger partial charge in [-0.1, -0.05) is 35.5 Å². The van der Waals surface area contributed by atoms with Gasteiger partial charge < -0.3 is 15.7 Å². The maximum Gasteiger partial charge on any atom is 0.146 e. The van der Waals surface area contributed by atoms with E-state index < -0.39 is 16.2 Å². The number of hydrogen-bond donors (Lipinski definition) is 2. The topological polar surface area (TPSA) is 84.9 Å². The van der Waals surface area contributed by atoms with Gasteiger partial charge in [-0.05, 0) is 39.2 Å². The zero-order chi connectivity index (χ0) is 17.1. The lowest BCUT2D eigenvalue weighted by Crippen LogP contribution is -2.55. The molecular formula is C17H26N2O3S. The summed E-state index contributed by atoms with van der Waals surface area (Å²) in [5.41, 5.74) is 6.48. The fourth-order valence-corrected chi connectivity index (χ4v) is 4.01. The van der Waals surface area contributed by atoms with Crippen molar-refractivity contribution in [3.05, 3.63) is 35.9 Å². The molecule has 0 radical (unpaired) electrons. The first kappa shape index (κ1) is 17.9. The van der Waals surface area contributed by atoms with Crippen LogP contribution in [0.4, 0.5) is 0 Å². The molecule has 0 heterocycles. The molecule has 0 aliphatic heterocycles. The van der Waals surface area contributed by atoms with E-state index in [0.717, 1.165) is 5.56 Å². The van der Waals surface area contributed by atoms with E-state index in [-0.39, 0.29) is 16.7 Å². The van der Waals surface area contributed by atoms with E-state index in [1.807, 2.05) is 51.1 Å². The van der Waals surface area contributed by atoms with Crippen LogP contribution in [0, 0.1) is 5.41 Å². The minimum absolute atomic E-state index is 0.0486. The highest BCUT2D eigenvalue weighted by molar-refractivity contribution is 7.86. The summed E-state index contributed by atoms with van der Waals surface area (Å²) in [5.74, 6) is 0.562. The lowest BCUT2D eigenvalue weighted by atomic mass is 9.67. The lowest BCUT2D eigenvalue weighted by molar-refractivity contribution is -0.0544. The van der Waals surface area contributed by atoms with Gasteiger partial charge in [-0.15, -0.1) is 0 Å². The van der Waals surface area contributed by atoms with Crippen LogP contribution in [0.25, 0.3) is 0 Å². The molecule has 128 valence electrons. The van der Waals surface area contributed by atoms with E-state index >= 15 is 0 Å². The fraction of sp³-hybridized carbons (Fsp3) is 0.588. The highest BCUT2D eigenvalue weighted by Gasteiger charge is 2.50. The molecule has 1 saturated carbocycles. The van der Waals surface area contributed by atoms with Gasteiger partial charge in [-0.2, -0.15) is 0 Å². The van der Waals surface area contributed by atoms with Crippen LogP contribution in [0.15, 0.2) is 35.5 Å². The van der Waals surface area contributed by atoms with Crippen LogP contribution in [0.5, 0.6) is 0 Å². The van der Waals surface area contributed by atoms with Gasteiger partial charge in [0, 0.05) is 26.7 Å². The Morgan fingerprint density at radius 2 is 2.00 bits per heavy atom. The van der Waals surface area contributed by atoms with Crippen LogP contribution < -0.4 is 5.73 Å². The first-order valence-corrected chi connectivity index (χ1v) is 9.11. The zero-order valence-corrected chi connectivity index (χ0v) is 14.8. The third-order valence-corrected chi connectivity index (χ3v) is 6.49. The molecule has 1 aromatic rings. The normalized spacial score (nSPS) is 26.6. The van der Waals surface area contributed by atoms with Crippen molar-refractivity contribution in [2.45, 2.75) is 51.1 Å². The Morgan fingerprint density at radius 3 is 2.52 bits per heavy atom. The van der Waals surface area contributed by atoms with Gasteiger partial charge in [0.05, 0.1) is 12.7 Å². The standard InChI is InChI=1S/C17H26N2O3S/c1-16(2,3)23(21)12-17(15(18)19-20)9-14(10-17)22-11-13-7-5-4-6-8-13/h4-8,14,20H,9-12H2,1-3H3,(H2,18,19). The van der Waals surface area contributed by atoms with Gasteiger partial charge in [-0.25, -0.2) is 0 Å². The Morgan fingerprint density at radius 1 is 1.39 bits per heavy atom. The summed E-state index contributed by atoms with van der Waals surface area (Å²) in [5, 5.41) is 12.2. The summed E-state index contributed by atoms with van der Waals surface area (Å²) in [6.07, 6.45) is 1.32. The van der Waals surface area contributed by atoms with Crippen molar-refractivity contribution in [1.82, 2.24) is 0 Å². The Bertz CT molecular complexity index is 575. The van der Waals surface area contributed by atoms with Gasteiger partial charge in [0.1, 0.15) is 5.84 Å². The van der Waals surface area contributed by atoms with Gasteiger partial charge in [0.25, 0.3) is 0 Å². The van der Waals surface area contributed by atoms with Crippen molar-refractivity contribution < 1.29 is 14.2 Å². The molecule has 6 heteroatoms. The van der Waals surface area contributed by atoms with Gasteiger partial charge in [0.15, 0.2) is 0 Å². The molecule has 0 spiro atoms. The molecule has 5 nitrogen and oxygen atoms in total. The second-order valence-electron chi connectivity index (χ2n) is 7.19. The zero-order valence-electron chi connectivity index (χ0n) is 14.0. The van der Waals surface area contributed by atoms with Crippen molar-refractivity contribution in [2.75, 3.05) is 5.75 Å². The third kappa shape index (κ3) is 4.32. The molecule has 0 saturated heterocycles. The maximum atomic E-state index is 12.5. The fourth-order valence-electron chi connectivity index (χ4n) is 2.69. The van der Waals surface area contributed by atoms with E-state index in [1.54, 1.807) is 0 Å². The molecule has 1 aromatic carbocycles. The summed E-state index contributed by atoms with van der Waals surface area (Å²) in [6.45, 7) is 6.35. The number of ether oxygens (including phenoxy) is 1. The van der Waals surface area contributed by atoms with Gasteiger partial charge >= 0.3 is 0 Å². The summed E-state index contributed by atoms with van der Waals surface area (Å²) >= 11 is 0. The predicted octanol–water partition coefficient (Wildman–Crippen LogP) is 2.65. The van der Waals surface area contributed by atoms with Crippen LogP contribution in [0.3, 0.4) is 0 Å². The molecule has 0 aromatic heterocycles. The number of nitrogens with zero attached hydrogens (tertiary/aromatic N) is 1. The maximum absolute atomic E-state index is 12.5. The van der Waals surface area contributed by atoms with Crippen LogP contribution in [0.1, 0.15) is 39.2 Å². The molecule has 23 heavy (non-hydrogen) atoms. The minimum Gasteiger partial charge on any atom is -0.409 e. The highest BCUT2D eigenvalue weighted by atomic mass is 32.2. The number of rotatable bonds is 6. The Labute approximate surface area is 140 Å². The molecular weight excluding hydrogens is 312 g/mol. The molecule has 1 aliphatic carbocycles. The molecule has 0 amide bonds. The summed E-state index contributed by atoms with van der Waals surface area (Å²) in [7, 11) is -1.06. The molecule has 1 aliphatic rings. The number of oxime groups is 1. The van der Waals surface area contributed by atoms with E-state index in [2.05, 4.69) is 5.16 Å². The number of nitrogens with two attached hydrogens (primary N) is 1. The number of amidine groups is 1. The Kier molecular flexibility index (Phi) is 5.47. The smallest absolute Gasteiger partial charge is 0.146 e. The number of hydrogen-bond acceptors (Lipinski definition) is 4. The van der Waals surface area contributed by atoms with Crippen molar-refractivity contribution >= 4 is 16.6 Å². The highest BCUT2D eigenvalue weighted by Crippen LogP contribution is 2.45. The molecule has 1 fully saturated rings. The third-order valence-electron chi connectivity index (χ3n) is 4.31. The second-order valence-corrected chi connectivity index (χ2v) is 9.40. The lowest BCUT2D eigenvalue weighted by Gasteiger charge is -2.46. The quantitative estimate of drug-likeness (QED) is 0.361.